The zero-order valence-electron chi connectivity index (χ0n) is 10.6. The number of fused-ring (bicyclic) bond motifs is 1. The molecule has 0 amide bonds. The molecule has 3 nitrogen and oxygen atoms in total. The average Bonchev–Trinajstić information content (AvgIpc) is 2.38. The van der Waals surface area contributed by atoms with Gasteiger partial charge in [0.1, 0.15) is 17.1 Å². The van der Waals surface area contributed by atoms with E-state index in [0.717, 1.165) is 12.8 Å². The minimum absolute atomic E-state index is 0.147. The highest BCUT2D eigenvalue weighted by Crippen LogP contribution is 2.38. The predicted octanol–water partition coefficient (Wildman–Crippen LogP) is 3.22. The van der Waals surface area contributed by atoms with E-state index in [4.69, 9.17) is 9.47 Å². The van der Waals surface area contributed by atoms with Gasteiger partial charge in [0.15, 0.2) is 5.78 Å². The van der Waals surface area contributed by atoms with Gasteiger partial charge in [0, 0.05) is 0 Å². The molecule has 2 rings (SSSR count). The Hall–Kier alpha value is -1.51. The Morgan fingerprint density at radius 3 is 2.65 bits per heavy atom. The molecule has 92 valence electrons. The van der Waals surface area contributed by atoms with Gasteiger partial charge >= 0.3 is 0 Å². The van der Waals surface area contributed by atoms with Gasteiger partial charge in [0.25, 0.3) is 0 Å². The Kier molecular flexibility index (Phi) is 3.09. The van der Waals surface area contributed by atoms with Gasteiger partial charge in [-0.15, -0.1) is 0 Å². The number of carbonyl (C=O) groups is 1. The number of benzene rings is 1. The topological polar surface area (TPSA) is 35.5 Å². The van der Waals surface area contributed by atoms with Gasteiger partial charge in [0.2, 0.25) is 0 Å². The fourth-order valence-corrected chi connectivity index (χ4v) is 2.24. The number of methoxy groups -OCH3 is 1. The standard InChI is InChI=1S/C14H18O3/c1-4-14(5-2)9-12(15)11-8-10(16-3)6-7-13(11)17-14/h6-8H,4-5,9H2,1-3H3. The molecule has 1 aliphatic heterocycles. The molecule has 0 fully saturated rings. The van der Waals surface area contributed by atoms with Crippen LogP contribution in [0.2, 0.25) is 0 Å². The summed E-state index contributed by atoms with van der Waals surface area (Å²) >= 11 is 0. The number of carbonyl (C=O) groups excluding carboxylic acids is 1. The second kappa shape index (κ2) is 4.40. The Morgan fingerprint density at radius 1 is 1.35 bits per heavy atom. The van der Waals surface area contributed by atoms with Crippen LogP contribution in [0.3, 0.4) is 0 Å². The van der Waals surface area contributed by atoms with Gasteiger partial charge in [0.05, 0.1) is 19.1 Å². The largest absolute Gasteiger partial charge is 0.497 e. The number of ketones is 1. The van der Waals surface area contributed by atoms with Crippen LogP contribution >= 0.6 is 0 Å². The summed E-state index contributed by atoms with van der Waals surface area (Å²) < 4.78 is 11.1. The van der Waals surface area contributed by atoms with E-state index in [-0.39, 0.29) is 11.4 Å². The third-order valence-corrected chi connectivity index (χ3v) is 3.59. The molecule has 0 radical (unpaired) electrons. The van der Waals surface area contributed by atoms with Crippen molar-refractivity contribution in [3.05, 3.63) is 23.8 Å². The van der Waals surface area contributed by atoms with E-state index in [1.54, 1.807) is 13.2 Å². The monoisotopic (exact) mass is 234 g/mol. The van der Waals surface area contributed by atoms with Gasteiger partial charge in [-0.2, -0.15) is 0 Å². The molecule has 0 spiro atoms. The van der Waals surface area contributed by atoms with Gasteiger partial charge in [-0.05, 0) is 31.0 Å². The minimum Gasteiger partial charge on any atom is -0.497 e. The van der Waals surface area contributed by atoms with Crippen molar-refractivity contribution in [2.75, 3.05) is 7.11 Å². The van der Waals surface area contributed by atoms with Crippen LogP contribution in [0.4, 0.5) is 0 Å². The molecular weight excluding hydrogens is 216 g/mol. The van der Waals surface area contributed by atoms with E-state index in [1.807, 2.05) is 12.1 Å². The second-order valence-corrected chi connectivity index (χ2v) is 4.45. The lowest BCUT2D eigenvalue weighted by atomic mass is 9.86. The van der Waals surface area contributed by atoms with Crippen molar-refractivity contribution in [1.82, 2.24) is 0 Å². The van der Waals surface area contributed by atoms with Crippen molar-refractivity contribution < 1.29 is 14.3 Å². The SMILES string of the molecule is CCC1(CC)CC(=O)c2cc(OC)ccc2O1. The zero-order chi connectivity index (χ0) is 12.5. The molecule has 1 aromatic rings. The summed E-state index contributed by atoms with van der Waals surface area (Å²) in [5, 5.41) is 0. The van der Waals surface area contributed by atoms with Crippen LogP contribution in [0.1, 0.15) is 43.5 Å². The number of Topliss-reactive ketones (excluding diaryl/α,β-unsaturated/α-hetero) is 1. The molecular formula is C14H18O3. The van der Waals surface area contributed by atoms with E-state index >= 15 is 0 Å². The predicted molar refractivity (Wildman–Crippen MR) is 65.9 cm³/mol. The summed E-state index contributed by atoms with van der Waals surface area (Å²) in [5.74, 6) is 1.53. The molecule has 17 heavy (non-hydrogen) atoms. The second-order valence-electron chi connectivity index (χ2n) is 4.45. The molecule has 0 saturated carbocycles. The minimum atomic E-state index is -0.321. The Balaban J connectivity index is 2.41. The maximum absolute atomic E-state index is 12.2. The Morgan fingerprint density at radius 2 is 2.06 bits per heavy atom. The highest BCUT2D eigenvalue weighted by Gasteiger charge is 2.37. The smallest absolute Gasteiger partial charge is 0.170 e. The maximum atomic E-state index is 12.2. The molecule has 1 aromatic carbocycles. The molecule has 0 aromatic heterocycles. The molecule has 0 bridgehead atoms. The van der Waals surface area contributed by atoms with E-state index < -0.39 is 0 Å². The third-order valence-electron chi connectivity index (χ3n) is 3.59. The summed E-state index contributed by atoms with van der Waals surface area (Å²) in [4.78, 5) is 12.2. The van der Waals surface area contributed by atoms with Crippen molar-refractivity contribution in [2.45, 2.75) is 38.7 Å². The molecule has 0 atom stereocenters. The first kappa shape index (κ1) is 12.0. The molecule has 0 saturated heterocycles. The lowest BCUT2D eigenvalue weighted by Crippen LogP contribution is -2.40. The highest BCUT2D eigenvalue weighted by atomic mass is 16.5. The van der Waals surface area contributed by atoms with Crippen LogP contribution in [0.15, 0.2) is 18.2 Å². The molecule has 1 heterocycles. The number of rotatable bonds is 3. The first-order valence-corrected chi connectivity index (χ1v) is 6.04. The first-order valence-electron chi connectivity index (χ1n) is 6.04. The molecule has 0 N–H and O–H groups in total. The molecule has 1 aliphatic rings. The van der Waals surface area contributed by atoms with Crippen LogP contribution in [0.25, 0.3) is 0 Å². The van der Waals surface area contributed by atoms with Crippen LogP contribution in [-0.2, 0) is 0 Å². The molecule has 3 heteroatoms. The van der Waals surface area contributed by atoms with Crippen molar-refractivity contribution >= 4 is 5.78 Å². The Labute approximate surface area is 102 Å². The van der Waals surface area contributed by atoms with Crippen LogP contribution in [0.5, 0.6) is 11.5 Å². The summed E-state index contributed by atoms with van der Waals surface area (Å²) in [6.07, 6.45) is 2.15. The number of hydrogen-bond donors (Lipinski definition) is 0. The van der Waals surface area contributed by atoms with E-state index in [1.165, 1.54) is 0 Å². The van der Waals surface area contributed by atoms with Crippen molar-refractivity contribution in [2.24, 2.45) is 0 Å². The maximum Gasteiger partial charge on any atom is 0.170 e. The van der Waals surface area contributed by atoms with Gasteiger partial charge in [-0.1, -0.05) is 13.8 Å². The van der Waals surface area contributed by atoms with Crippen molar-refractivity contribution in [1.29, 1.82) is 0 Å². The fraction of sp³-hybridized carbons (Fsp3) is 0.500. The Bertz CT molecular complexity index is 433. The first-order chi connectivity index (χ1) is 8.14. The van der Waals surface area contributed by atoms with Gasteiger partial charge in [-0.25, -0.2) is 0 Å². The van der Waals surface area contributed by atoms with Gasteiger partial charge < -0.3 is 9.47 Å². The van der Waals surface area contributed by atoms with Crippen LogP contribution < -0.4 is 9.47 Å². The average molecular weight is 234 g/mol. The van der Waals surface area contributed by atoms with Crippen molar-refractivity contribution in [3.8, 4) is 11.5 Å². The zero-order valence-corrected chi connectivity index (χ0v) is 10.6. The van der Waals surface area contributed by atoms with Crippen LogP contribution in [-0.4, -0.2) is 18.5 Å². The number of hydrogen-bond acceptors (Lipinski definition) is 3. The summed E-state index contributed by atoms with van der Waals surface area (Å²) in [6.45, 7) is 4.12. The fourth-order valence-electron chi connectivity index (χ4n) is 2.24. The summed E-state index contributed by atoms with van der Waals surface area (Å²) in [6, 6.07) is 5.41. The number of ether oxygens (including phenoxy) is 2. The third kappa shape index (κ3) is 2.02. The van der Waals surface area contributed by atoms with Gasteiger partial charge in [-0.3, -0.25) is 4.79 Å². The highest BCUT2D eigenvalue weighted by molar-refractivity contribution is 6.00. The van der Waals surface area contributed by atoms with E-state index in [9.17, 15) is 4.79 Å². The summed E-state index contributed by atoms with van der Waals surface area (Å²) in [7, 11) is 1.60. The normalized spacial score (nSPS) is 17.2. The lowest BCUT2D eigenvalue weighted by Gasteiger charge is -2.36. The summed E-state index contributed by atoms with van der Waals surface area (Å²) in [5.41, 5.74) is 0.320. The van der Waals surface area contributed by atoms with Crippen LogP contribution in [0, 0.1) is 0 Å². The molecule has 0 aliphatic carbocycles. The van der Waals surface area contributed by atoms with E-state index in [2.05, 4.69) is 13.8 Å². The van der Waals surface area contributed by atoms with Crippen molar-refractivity contribution in [3.63, 3.8) is 0 Å². The van der Waals surface area contributed by atoms with E-state index in [0.29, 0.717) is 23.5 Å². The molecule has 0 unspecified atom stereocenters. The quantitative estimate of drug-likeness (QED) is 0.805. The lowest BCUT2D eigenvalue weighted by molar-refractivity contribution is 0.0349.